The summed E-state index contributed by atoms with van der Waals surface area (Å²) in [5, 5.41) is 10.8. The maximum atomic E-state index is 13.2. The molecule has 0 atom stereocenters. The number of non-ortho nitro benzene ring substituents is 1. The van der Waals surface area contributed by atoms with E-state index in [1.165, 1.54) is 28.7 Å². The number of hydrogen-bond donors (Lipinski definition) is 0. The van der Waals surface area contributed by atoms with Gasteiger partial charge in [0.05, 0.1) is 21.7 Å². The summed E-state index contributed by atoms with van der Waals surface area (Å²) in [5.41, 5.74) is 0.460. The van der Waals surface area contributed by atoms with Crippen LogP contribution in [0.4, 0.5) is 18.9 Å². The maximum absolute atomic E-state index is 13.2. The Morgan fingerprint density at radius 1 is 1.00 bits per heavy atom. The lowest BCUT2D eigenvalue weighted by Crippen LogP contribution is -2.10. The highest BCUT2D eigenvalue weighted by atomic mass is 19.4. The molecule has 0 amide bonds. The fourth-order valence-corrected chi connectivity index (χ4v) is 2.77. The predicted octanol–water partition coefficient (Wildman–Crippen LogP) is 4.48. The molecule has 0 unspecified atom stereocenters. The van der Waals surface area contributed by atoms with Gasteiger partial charge in [-0.25, -0.2) is 9.97 Å². The van der Waals surface area contributed by atoms with Crippen molar-refractivity contribution in [1.82, 2.24) is 14.4 Å². The van der Waals surface area contributed by atoms with Crippen molar-refractivity contribution < 1.29 is 18.1 Å². The van der Waals surface area contributed by atoms with Crippen molar-refractivity contribution in [1.29, 1.82) is 0 Å². The first-order chi connectivity index (χ1) is 12.3. The smallest absolute Gasteiger partial charge is 0.276 e. The molecule has 2 heterocycles. The van der Waals surface area contributed by atoms with Crippen LogP contribution in [0.3, 0.4) is 0 Å². The lowest BCUT2D eigenvalue weighted by molar-refractivity contribution is -0.384. The van der Waals surface area contributed by atoms with Crippen LogP contribution in [-0.2, 0) is 6.18 Å². The highest BCUT2D eigenvalue weighted by molar-refractivity contribution is 5.82. The van der Waals surface area contributed by atoms with Gasteiger partial charge in [-0.3, -0.25) is 14.5 Å². The molecule has 0 aliphatic heterocycles. The third kappa shape index (κ3) is 2.53. The van der Waals surface area contributed by atoms with E-state index in [-0.39, 0.29) is 17.2 Å². The maximum Gasteiger partial charge on any atom is 0.433 e. The molecule has 2 aromatic heterocycles. The second-order valence-corrected chi connectivity index (χ2v) is 5.56. The SMILES string of the molecule is O=[N+]([O-])c1ccc(-c2cc(C(F)(F)F)nc3nc4ccccc4n23)cc1. The van der Waals surface area contributed by atoms with Crippen molar-refractivity contribution in [3.05, 3.63) is 70.4 Å². The van der Waals surface area contributed by atoms with Crippen LogP contribution in [0.1, 0.15) is 5.69 Å². The van der Waals surface area contributed by atoms with Gasteiger partial charge in [0, 0.05) is 12.1 Å². The summed E-state index contributed by atoms with van der Waals surface area (Å²) in [5.74, 6) is -0.0885. The van der Waals surface area contributed by atoms with Crippen LogP contribution in [0.15, 0.2) is 54.6 Å². The molecule has 6 nitrogen and oxygen atoms in total. The number of fused-ring (bicyclic) bond motifs is 3. The van der Waals surface area contributed by atoms with E-state index in [9.17, 15) is 23.3 Å². The molecule has 4 rings (SSSR count). The number of aromatic nitrogens is 3. The molecule has 0 radical (unpaired) electrons. The van der Waals surface area contributed by atoms with Crippen LogP contribution in [0, 0.1) is 10.1 Å². The van der Waals surface area contributed by atoms with Gasteiger partial charge in [-0.15, -0.1) is 0 Å². The van der Waals surface area contributed by atoms with Crippen molar-refractivity contribution in [3.8, 4) is 11.3 Å². The minimum Gasteiger partial charge on any atom is -0.276 e. The van der Waals surface area contributed by atoms with E-state index in [0.717, 1.165) is 6.07 Å². The topological polar surface area (TPSA) is 73.3 Å². The first kappa shape index (κ1) is 16.0. The number of rotatable bonds is 2. The Labute approximate surface area is 143 Å². The highest BCUT2D eigenvalue weighted by Gasteiger charge is 2.34. The van der Waals surface area contributed by atoms with E-state index in [2.05, 4.69) is 9.97 Å². The molecule has 130 valence electrons. The van der Waals surface area contributed by atoms with Gasteiger partial charge < -0.3 is 0 Å². The summed E-state index contributed by atoms with van der Waals surface area (Å²) >= 11 is 0. The third-order valence-corrected chi connectivity index (χ3v) is 3.94. The number of imidazole rings is 1. The number of para-hydroxylation sites is 2. The van der Waals surface area contributed by atoms with E-state index < -0.39 is 16.8 Å². The summed E-state index contributed by atoms with van der Waals surface area (Å²) in [6.45, 7) is 0. The Bertz CT molecular complexity index is 1150. The molecule has 0 fully saturated rings. The summed E-state index contributed by atoms with van der Waals surface area (Å²) in [6, 6.07) is 13.1. The third-order valence-electron chi connectivity index (χ3n) is 3.94. The zero-order valence-corrected chi connectivity index (χ0v) is 12.9. The molecule has 2 aromatic carbocycles. The summed E-state index contributed by atoms with van der Waals surface area (Å²) in [4.78, 5) is 18.0. The average Bonchev–Trinajstić information content (AvgIpc) is 2.99. The lowest BCUT2D eigenvalue weighted by atomic mass is 10.1. The van der Waals surface area contributed by atoms with Crippen LogP contribution in [0.2, 0.25) is 0 Å². The number of nitro groups is 1. The van der Waals surface area contributed by atoms with Crippen molar-refractivity contribution in [2.45, 2.75) is 6.18 Å². The number of nitro benzene ring substituents is 1. The fraction of sp³-hybridized carbons (Fsp3) is 0.0588. The van der Waals surface area contributed by atoms with E-state index in [1.54, 1.807) is 24.3 Å². The number of alkyl halides is 3. The molecule has 0 bridgehead atoms. The first-order valence-corrected chi connectivity index (χ1v) is 7.45. The van der Waals surface area contributed by atoms with Crippen molar-refractivity contribution >= 4 is 22.5 Å². The zero-order chi connectivity index (χ0) is 18.5. The van der Waals surface area contributed by atoms with Gasteiger partial charge in [0.2, 0.25) is 5.78 Å². The molecule has 0 aliphatic rings. The standard InChI is InChI=1S/C17H9F3N4O2/c18-17(19,20)15-9-14(10-5-7-11(8-6-10)24(25)26)23-13-4-2-1-3-12(13)21-16(23)22-15/h1-9H. The van der Waals surface area contributed by atoms with Gasteiger partial charge in [0.25, 0.3) is 5.69 Å². The van der Waals surface area contributed by atoms with Crippen LogP contribution in [0.25, 0.3) is 28.1 Å². The Hall–Kier alpha value is -3.49. The molecule has 0 N–H and O–H groups in total. The van der Waals surface area contributed by atoms with Crippen LogP contribution in [-0.4, -0.2) is 19.3 Å². The summed E-state index contributed by atoms with van der Waals surface area (Å²) in [7, 11) is 0. The molecule has 0 saturated carbocycles. The van der Waals surface area contributed by atoms with Gasteiger partial charge in [0.1, 0.15) is 0 Å². The quantitative estimate of drug-likeness (QED) is 0.391. The Kier molecular flexibility index (Phi) is 3.39. The highest BCUT2D eigenvalue weighted by Crippen LogP contribution is 2.33. The summed E-state index contributed by atoms with van der Waals surface area (Å²) in [6.07, 6.45) is -4.64. The second-order valence-electron chi connectivity index (χ2n) is 5.56. The minimum atomic E-state index is -4.64. The lowest BCUT2D eigenvalue weighted by Gasteiger charge is -2.11. The molecule has 0 saturated heterocycles. The van der Waals surface area contributed by atoms with Crippen LogP contribution >= 0.6 is 0 Å². The molecule has 26 heavy (non-hydrogen) atoms. The Morgan fingerprint density at radius 3 is 2.35 bits per heavy atom. The Morgan fingerprint density at radius 2 is 1.69 bits per heavy atom. The van der Waals surface area contributed by atoms with E-state index >= 15 is 0 Å². The number of nitrogens with zero attached hydrogens (tertiary/aromatic N) is 4. The largest absolute Gasteiger partial charge is 0.433 e. The van der Waals surface area contributed by atoms with E-state index in [0.29, 0.717) is 16.6 Å². The van der Waals surface area contributed by atoms with Gasteiger partial charge in [-0.05, 0) is 35.9 Å². The molecular weight excluding hydrogens is 349 g/mol. The Balaban J connectivity index is 2.06. The molecule has 0 aliphatic carbocycles. The number of hydrogen-bond acceptors (Lipinski definition) is 4. The number of benzene rings is 2. The van der Waals surface area contributed by atoms with Crippen molar-refractivity contribution in [2.24, 2.45) is 0 Å². The molecular formula is C17H9F3N4O2. The van der Waals surface area contributed by atoms with E-state index in [1.807, 2.05) is 0 Å². The van der Waals surface area contributed by atoms with Crippen molar-refractivity contribution in [3.63, 3.8) is 0 Å². The number of halogens is 3. The fourth-order valence-electron chi connectivity index (χ4n) is 2.77. The molecule has 4 aromatic rings. The normalized spacial score (nSPS) is 12.0. The van der Waals surface area contributed by atoms with Gasteiger partial charge in [-0.1, -0.05) is 12.1 Å². The van der Waals surface area contributed by atoms with Crippen LogP contribution in [0.5, 0.6) is 0 Å². The monoisotopic (exact) mass is 358 g/mol. The predicted molar refractivity (Wildman–Crippen MR) is 87.6 cm³/mol. The second kappa shape index (κ2) is 5.51. The van der Waals surface area contributed by atoms with E-state index in [4.69, 9.17) is 0 Å². The average molecular weight is 358 g/mol. The molecule has 9 heteroatoms. The van der Waals surface area contributed by atoms with Crippen molar-refractivity contribution in [2.75, 3.05) is 0 Å². The first-order valence-electron chi connectivity index (χ1n) is 7.45. The minimum absolute atomic E-state index is 0.0885. The summed E-state index contributed by atoms with van der Waals surface area (Å²) < 4.78 is 41.3. The van der Waals surface area contributed by atoms with Gasteiger partial charge in [-0.2, -0.15) is 13.2 Å². The zero-order valence-electron chi connectivity index (χ0n) is 12.9. The molecule has 0 spiro atoms. The van der Waals surface area contributed by atoms with Gasteiger partial charge in [0.15, 0.2) is 5.69 Å². The van der Waals surface area contributed by atoms with Crippen LogP contribution < -0.4 is 0 Å². The van der Waals surface area contributed by atoms with Gasteiger partial charge >= 0.3 is 6.18 Å².